The molecule has 4 aromatic rings. The number of thiophene rings is 1. The molecule has 0 fully saturated rings. The van der Waals surface area contributed by atoms with Crippen molar-refractivity contribution in [1.29, 1.82) is 0 Å². The topological polar surface area (TPSA) is 85.4 Å². The number of benzene rings is 2. The fourth-order valence-electron chi connectivity index (χ4n) is 3.27. The number of nitrogens with two attached hydrogens (primary N) is 1. The number of nitrogens with zero attached hydrogens (tertiary/aromatic N) is 1. The van der Waals surface area contributed by atoms with E-state index in [0.29, 0.717) is 29.4 Å². The highest BCUT2D eigenvalue weighted by molar-refractivity contribution is 7.12. The number of pyridine rings is 1. The quantitative estimate of drug-likeness (QED) is 0.419. The standard InChI is InChI=1S/C24H20N2O3S/c1-15-10-18(17-5-2-4-16(12-17)14-25)13-19(11-15)29-22-7-3-6-21(26-22)20-8-9-30-23(20)24(27)28/h2-13H,14,25H2,1H3,(H,27,28). The summed E-state index contributed by atoms with van der Waals surface area (Å²) in [5.74, 6) is 0.107. The highest BCUT2D eigenvalue weighted by Gasteiger charge is 2.15. The van der Waals surface area contributed by atoms with Gasteiger partial charge in [0.25, 0.3) is 0 Å². The second-order valence-corrected chi connectivity index (χ2v) is 7.79. The zero-order chi connectivity index (χ0) is 21.1. The molecule has 2 heterocycles. The first-order valence-electron chi connectivity index (χ1n) is 9.40. The van der Waals surface area contributed by atoms with Crippen LogP contribution in [-0.2, 0) is 6.54 Å². The molecule has 2 aromatic carbocycles. The Morgan fingerprint density at radius 1 is 1.07 bits per heavy atom. The molecule has 5 nitrogen and oxygen atoms in total. The van der Waals surface area contributed by atoms with E-state index in [1.165, 1.54) is 11.3 Å². The summed E-state index contributed by atoms with van der Waals surface area (Å²) in [6.45, 7) is 2.50. The summed E-state index contributed by atoms with van der Waals surface area (Å²) in [5, 5.41) is 11.1. The van der Waals surface area contributed by atoms with Gasteiger partial charge in [-0.3, -0.25) is 0 Å². The number of hydrogen-bond donors (Lipinski definition) is 2. The van der Waals surface area contributed by atoms with Crippen molar-refractivity contribution in [3.8, 4) is 34.0 Å². The average Bonchev–Trinajstić information content (AvgIpc) is 3.24. The molecule has 0 spiro atoms. The van der Waals surface area contributed by atoms with Crippen LogP contribution < -0.4 is 10.5 Å². The summed E-state index contributed by atoms with van der Waals surface area (Å²) in [6.07, 6.45) is 0. The summed E-state index contributed by atoms with van der Waals surface area (Å²) in [5.41, 5.74) is 11.1. The number of carboxylic acids is 1. The lowest BCUT2D eigenvalue weighted by atomic mass is 10.0. The molecule has 0 saturated carbocycles. The molecular weight excluding hydrogens is 396 g/mol. The van der Waals surface area contributed by atoms with E-state index in [-0.39, 0.29) is 4.88 Å². The normalized spacial score (nSPS) is 10.7. The van der Waals surface area contributed by atoms with E-state index in [1.807, 2.05) is 43.3 Å². The first kappa shape index (κ1) is 19.8. The van der Waals surface area contributed by atoms with Crippen molar-refractivity contribution in [2.75, 3.05) is 0 Å². The Kier molecular flexibility index (Phi) is 5.61. The first-order valence-corrected chi connectivity index (χ1v) is 10.3. The second-order valence-electron chi connectivity index (χ2n) is 6.87. The smallest absolute Gasteiger partial charge is 0.346 e. The van der Waals surface area contributed by atoms with E-state index in [1.54, 1.807) is 23.6 Å². The minimum absolute atomic E-state index is 0.261. The minimum atomic E-state index is -0.962. The van der Waals surface area contributed by atoms with Crippen LogP contribution in [0.5, 0.6) is 11.6 Å². The van der Waals surface area contributed by atoms with Crippen molar-refractivity contribution in [3.63, 3.8) is 0 Å². The van der Waals surface area contributed by atoms with Gasteiger partial charge in [0.15, 0.2) is 0 Å². The van der Waals surface area contributed by atoms with Gasteiger partial charge >= 0.3 is 5.97 Å². The third-order valence-electron chi connectivity index (χ3n) is 4.63. The Morgan fingerprint density at radius 2 is 1.90 bits per heavy atom. The zero-order valence-electron chi connectivity index (χ0n) is 16.3. The van der Waals surface area contributed by atoms with Crippen molar-refractivity contribution in [2.24, 2.45) is 5.73 Å². The number of rotatable bonds is 6. The largest absolute Gasteiger partial charge is 0.477 e. The zero-order valence-corrected chi connectivity index (χ0v) is 17.1. The summed E-state index contributed by atoms with van der Waals surface area (Å²) in [4.78, 5) is 16.2. The Hall–Kier alpha value is -3.48. The highest BCUT2D eigenvalue weighted by atomic mass is 32.1. The molecule has 0 radical (unpaired) electrons. The van der Waals surface area contributed by atoms with Crippen molar-refractivity contribution >= 4 is 17.3 Å². The van der Waals surface area contributed by atoms with Crippen molar-refractivity contribution in [2.45, 2.75) is 13.5 Å². The molecule has 0 aliphatic rings. The third-order valence-corrected chi connectivity index (χ3v) is 5.53. The maximum absolute atomic E-state index is 11.4. The highest BCUT2D eigenvalue weighted by Crippen LogP contribution is 2.31. The molecule has 0 atom stereocenters. The lowest BCUT2D eigenvalue weighted by Gasteiger charge is -2.11. The van der Waals surface area contributed by atoms with E-state index >= 15 is 0 Å². The number of aromatic nitrogens is 1. The van der Waals surface area contributed by atoms with E-state index in [4.69, 9.17) is 10.5 Å². The van der Waals surface area contributed by atoms with Crippen LogP contribution in [0.25, 0.3) is 22.4 Å². The van der Waals surface area contributed by atoms with Crippen molar-refractivity contribution < 1.29 is 14.6 Å². The van der Waals surface area contributed by atoms with Gasteiger partial charge in [0.2, 0.25) is 5.88 Å². The van der Waals surface area contributed by atoms with Crippen molar-refractivity contribution in [3.05, 3.63) is 88.1 Å². The Labute approximate surface area is 178 Å². The average molecular weight is 417 g/mol. The van der Waals surface area contributed by atoms with Crippen LogP contribution in [-0.4, -0.2) is 16.1 Å². The molecule has 3 N–H and O–H groups in total. The summed E-state index contributed by atoms with van der Waals surface area (Å²) < 4.78 is 6.04. The molecule has 0 unspecified atom stereocenters. The maximum atomic E-state index is 11.4. The molecule has 6 heteroatoms. The van der Waals surface area contributed by atoms with Crippen LogP contribution in [0.15, 0.2) is 72.1 Å². The molecule has 2 aromatic heterocycles. The summed E-state index contributed by atoms with van der Waals surface area (Å²) in [7, 11) is 0. The molecule has 0 bridgehead atoms. The monoisotopic (exact) mass is 416 g/mol. The second kappa shape index (κ2) is 8.49. The van der Waals surface area contributed by atoms with Crippen LogP contribution in [0.1, 0.15) is 20.8 Å². The molecule has 30 heavy (non-hydrogen) atoms. The lowest BCUT2D eigenvalue weighted by Crippen LogP contribution is -1.97. The molecule has 0 aliphatic heterocycles. The minimum Gasteiger partial charge on any atom is -0.477 e. The van der Waals surface area contributed by atoms with Gasteiger partial charge in [-0.1, -0.05) is 30.3 Å². The first-order chi connectivity index (χ1) is 14.5. The predicted molar refractivity (Wildman–Crippen MR) is 119 cm³/mol. The van der Waals surface area contributed by atoms with Crippen LogP contribution >= 0.6 is 11.3 Å². The van der Waals surface area contributed by atoms with Gasteiger partial charge in [-0.2, -0.15) is 0 Å². The van der Waals surface area contributed by atoms with E-state index in [0.717, 1.165) is 22.3 Å². The number of aromatic carboxylic acids is 1. The fourth-order valence-corrected chi connectivity index (χ4v) is 4.01. The fraction of sp³-hybridized carbons (Fsp3) is 0.0833. The Balaban J connectivity index is 1.66. The van der Waals surface area contributed by atoms with Gasteiger partial charge in [0.1, 0.15) is 10.6 Å². The van der Waals surface area contributed by atoms with Gasteiger partial charge in [-0.25, -0.2) is 9.78 Å². The summed E-state index contributed by atoms with van der Waals surface area (Å²) >= 11 is 1.18. The predicted octanol–water partition coefficient (Wildman–Crippen LogP) is 5.73. The van der Waals surface area contributed by atoms with Crippen LogP contribution in [0, 0.1) is 6.92 Å². The van der Waals surface area contributed by atoms with Crippen LogP contribution in [0.4, 0.5) is 0 Å². The molecule has 150 valence electrons. The van der Waals surface area contributed by atoms with Crippen LogP contribution in [0.3, 0.4) is 0 Å². The third kappa shape index (κ3) is 4.25. The van der Waals surface area contributed by atoms with Gasteiger partial charge in [-0.15, -0.1) is 11.3 Å². The Bertz CT molecular complexity index is 1220. The molecule has 4 rings (SSSR count). The Morgan fingerprint density at radius 3 is 2.70 bits per heavy atom. The molecule has 0 amide bonds. The molecular formula is C24H20N2O3S. The van der Waals surface area contributed by atoms with Gasteiger partial charge in [0, 0.05) is 18.2 Å². The number of carbonyl (C=O) groups is 1. The number of hydrogen-bond acceptors (Lipinski definition) is 5. The van der Waals surface area contributed by atoms with Crippen molar-refractivity contribution in [1.82, 2.24) is 4.98 Å². The summed E-state index contributed by atoms with van der Waals surface area (Å²) in [6, 6.07) is 21.2. The lowest BCUT2D eigenvalue weighted by molar-refractivity contribution is 0.0703. The van der Waals surface area contributed by atoms with E-state index < -0.39 is 5.97 Å². The molecule has 0 aliphatic carbocycles. The number of ether oxygens (including phenoxy) is 1. The number of aryl methyl sites for hydroxylation is 1. The van der Waals surface area contributed by atoms with Gasteiger partial charge in [0.05, 0.1) is 5.69 Å². The van der Waals surface area contributed by atoms with E-state index in [9.17, 15) is 9.90 Å². The molecule has 0 saturated heterocycles. The SMILES string of the molecule is Cc1cc(Oc2cccc(-c3ccsc3C(=O)O)n2)cc(-c2cccc(CN)c2)c1. The van der Waals surface area contributed by atoms with Gasteiger partial charge in [-0.05, 0) is 64.9 Å². The van der Waals surface area contributed by atoms with Crippen LogP contribution in [0.2, 0.25) is 0 Å². The van der Waals surface area contributed by atoms with E-state index in [2.05, 4.69) is 17.1 Å². The van der Waals surface area contributed by atoms with Gasteiger partial charge < -0.3 is 15.6 Å². The number of carboxylic acid groups (broad SMARTS) is 1. The maximum Gasteiger partial charge on any atom is 0.346 e.